The molecule has 8 heteroatoms. The van der Waals surface area contributed by atoms with Gasteiger partial charge in [0, 0.05) is 6.04 Å². The van der Waals surface area contributed by atoms with Crippen molar-refractivity contribution in [2.24, 2.45) is 11.7 Å². The zero-order valence-corrected chi connectivity index (χ0v) is 11.2. The van der Waals surface area contributed by atoms with E-state index in [4.69, 9.17) is 5.73 Å². The molecule has 0 amide bonds. The van der Waals surface area contributed by atoms with Crippen LogP contribution in [0.3, 0.4) is 0 Å². The lowest BCUT2D eigenvalue weighted by atomic mass is 9.93. The minimum absolute atomic E-state index is 0.0228. The quantitative estimate of drug-likeness (QED) is 0.927. The first-order valence-corrected chi connectivity index (χ1v) is 7.80. The van der Waals surface area contributed by atoms with Crippen LogP contribution in [-0.2, 0) is 9.84 Å². The minimum atomic E-state index is -4.73. The van der Waals surface area contributed by atoms with Crippen molar-refractivity contribution in [3.63, 3.8) is 0 Å². The van der Waals surface area contributed by atoms with Crippen molar-refractivity contribution in [1.82, 2.24) is 0 Å². The van der Waals surface area contributed by atoms with Gasteiger partial charge >= 0.3 is 6.36 Å². The number of halogens is 3. The van der Waals surface area contributed by atoms with E-state index in [-0.39, 0.29) is 23.2 Å². The Balaban J connectivity index is 2.06. The molecule has 1 aromatic rings. The third-order valence-corrected chi connectivity index (χ3v) is 5.07. The second-order valence-corrected chi connectivity index (χ2v) is 7.03. The molecule has 1 aromatic carbocycles. The Bertz CT molecular complexity index is 569. The van der Waals surface area contributed by atoms with Gasteiger partial charge in [-0.1, -0.05) is 12.1 Å². The van der Waals surface area contributed by atoms with Crippen molar-refractivity contribution in [1.29, 1.82) is 0 Å². The largest absolute Gasteiger partial charge is 0.573 e. The molecular formula is C12H14F3NO3S. The molecule has 0 bridgehead atoms. The van der Waals surface area contributed by atoms with Crippen LogP contribution in [0.4, 0.5) is 13.2 Å². The summed E-state index contributed by atoms with van der Waals surface area (Å²) in [7, 11) is -3.03. The van der Waals surface area contributed by atoms with E-state index in [9.17, 15) is 21.6 Å². The fourth-order valence-corrected chi connectivity index (χ4v) is 4.13. The van der Waals surface area contributed by atoms with Crippen molar-refractivity contribution >= 4 is 9.84 Å². The van der Waals surface area contributed by atoms with Crippen molar-refractivity contribution < 1.29 is 26.3 Å². The normalized spacial score (nSPS) is 23.5. The molecule has 20 heavy (non-hydrogen) atoms. The maximum atomic E-state index is 12.0. The number of nitrogens with two attached hydrogens (primary N) is 1. The molecule has 0 radical (unpaired) electrons. The summed E-state index contributed by atoms with van der Waals surface area (Å²) >= 11 is 0. The summed E-state index contributed by atoms with van der Waals surface area (Å²) in [6.45, 7) is 0. The van der Waals surface area contributed by atoms with Crippen molar-refractivity contribution in [2.45, 2.75) is 18.8 Å². The molecule has 0 aromatic heterocycles. The molecule has 2 N–H and O–H groups in total. The van der Waals surface area contributed by atoms with Gasteiger partial charge < -0.3 is 10.5 Å². The van der Waals surface area contributed by atoms with Crippen LogP contribution in [0.1, 0.15) is 18.0 Å². The number of hydrogen-bond acceptors (Lipinski definition) is 4. The molecule has 4 nitrogen and oxygen atoms in total. The van der Waals surface area contributed by atoms with Crippen LogP contribution < -0.4 is 10.5 Å². The van der Waals surface area contributed by atoms with Crippen LogP contribution >= 0.6 is 0 Å². The van der Waals surface area contributed by atoms with Crippen LogP contribution in [0.15, 0.2) is 24.3 Å². The van der Waals surface area contributed by atoms with Crippen LogP contribution in [0.2, 0.25) is 0 Å². The molecule has 2 rings (SSSR count). The average molecular weight is 309 g/mol. The molecule has 1 fully saturated rings. The van der Waals surface area contributed by atoms with Crippen molar-refractivity contribution in [3.05, 3.63) is 29.8 Å². The molecule has 1 aliphatic heterocycles. The zero-order valence-electron chi connectivity index (χ0n) is 10.4. The van der Waals surface area contributed by atoms with Crippen molar-refractivity contribution in [2.75, 3.05) is 11.5 Å². The summed E-state index contributed by atoms with van der Waals surface area (Å²) in [5, 5.41) is 0. The summed E-state index contributed by atoms with van der Waals surface area (Å²) in [5.74, 6) is -0.392. The SMILES string of the molecule is NC(c1ccc(OC(F)(F)F)cc1)C1CCS(=O)(=O)C1. The van der Waals surface area contributed by atoms with Crippen LogP contribution in [-0.4, -0.2) is 26.3 Å². The number of benzene rings is 1. The highest BCUT2D eigenvalue weighted by atomic mass is 32.2. The number of sulfone groups is 1. The van der Waals surface area contributed by atoms with Crippen molar-refractivity contribution in [3.8, 4) is 5.75 Å². The number of alkyl halides is 3. The smallest absolute Gasteiger partial charge is 0.406 e. The highest BCUT2D eigenvalue weighted by molar-refractivity contribution is 7.91. The van der Waals surface area contributed by atoms with E-state index in [2.05, 4.69) is 4.74 Å². The topological polar surface area (TPSA) is 69.4 Å². The number of hydrogen-bond donors (Lipinski definition) is 1. The second kappa shape index (κ2) is 5.25. The maximum Gasteiger partial charge on any atom is 0.573 e. The minimum Gasteiger partial charge on any atom is -0.406 e. The molecule has 2 unspecified atom stereocenters. The van der Waals surface area contributed by atoms with E-state index < -0.39 is 22.2 Å². The molecule has 0 aliphatic carbocycles. The van der Waals surface area contributed by atoms with E-state index in [0.29, 0.717) is 12.0 Å². The Kier molecular flexibility index (Phi) is 3.97. The lowest BCUT2D eigenvalue weighted by Gasteiger charge is -2.18. The van der Waals surface area contributed by atoms with Gasteiger partial charge in [-0.2, -0.15) is 0 Å². The van der Waals surface area contributed by atoms with Gasteiger partial charge in [-0.05, 0) is 30.0 Å². The average Bonchev–Trinajstić information content (AvgIpc) is 2.68. The first-order valence-electron chi connectivity index (χ1n) is 5.98. The Labute approximate surface area is 114 Å². The van der Waals surface area contributed by atoms with Gasteiger partial charge in [0.1, 0.15) is 5.75 Å². The Morgan fingerprint density at radius 2 is 1.85 bits per heavy atom. The standard InChI is InChI=1S/C12H14F3NO3S/c13-12(14,15)19-10-3-1-8(2-4-10)11(16)9-5-6-20(17,18)7-9/h1-4,9,11H,5-7,16H2. The van der Waals surface area contributed by atoms with Gasteiger partial charge in [0.25, 0.3) is 0 Å². The third kappa shape index (κ3) is 3.86. The predicted molar refractivity (Wildman–Crippen MR) is 66.8 cm³/mol. The fraction of sp³-hybridized carbons (Fsp3) is 0.500. The summed E-state index contributed by atoms with van der Waals surface area (Å²) in [6.07, 6.45) is -4.26. The van der Waals surface area contributed by atoms with Crippen LogP contribution in [0.5, 0.6) is 5.75 Å². The summed E-state index contributed by atoms with van der Waals surface area (Å²) in [4.78, 5) is 0. The molecule has 1 heterocycles. The first-order chi connectivity index (χ1) is 9.16. The summed E-state index contributed by atoms with van der Waals surface area (Å²) in [6, 6.07) is 4.69. The van der Waals surface area contributed by atoms with Gasteiger partial charge in [0.2, 0.25) is 0 Å². The lowest BCUT2D eigenvalue weighted by molar-refractivity contribution is -0.274. The molecule has 1 aliphatic rings. The maximum absolute atomic E-state index is 12.0. The number of ether oxygens (including phenoxy) is 1. The van der Waals surface area contributed by atoms with E-state index in [1.165, 1.54) is 24.3 Å². The number of rotatable bonds is 3. The molecule has 2 atom stereocenters. The van der Waals surface area contributed by atoms with E-state index in [1.807, 2.05) is 0 Å². The van der Waals surface area contributed by atoms with E-state index in [0.717, 1.165) is 0 Å². The van der Waals surface area contributed by atoms with Gasteiger partial charge in [0.05, 0.1) is 11.5 Å². The lowest BCUT2D eigenvalue weighted by Crippen LogP contribution is -2.22. The van der Waals surface area contributed by atoms with Crippen LogP contribution in [0.25, 0.3) is 0 Å². The molecular weight excluding hydrogens is 295 g/mol. The van der Waals surface area contributed by atoms with E-state index in [1.54, 1.807) is 0 Å². The van der Waals surface area contributed by atoms with Gasteiger partial charge in [-0.3, -0.25) is 0 Å². The Morgan fingerprint density at radius 3 is 2.30 bits per heavy atom. The van der Waals surface area contributed by atoms with Crippen LogP contribution in [0, 0.1) is 5.92 Å². The second-order valence-electron chi connectivity index (χ2n) is 4.81. The molecule has 1 saturated heterocycles. The predicted octanol–water partition coefficient (Wildman–Crippen LogP) is 2.02. The summed E-state index contributed by atoms with van der Waals surface area (Å²) < 4.78 is 62.6. The molecule has 112 valence electrons. The Morgan fingerprint density at radius 1 is 1.25 bits per heavy atom. The molecule has 0 saturated carbocycles. The van der Waals surface area contributed by atoms with Gasteiger partial charge in [-0.25, -0.2) is 8.42 Å². The van der Waals surface area contributed by atoms with E-state index >= 15 is 0 Å². The fourth-order valence-electron chi connectivity index (χ4n) is 2.27. The van der Waals surface area contributed by atoms with Gasteiger partial charge in [0.15, 0.2) is 9.84 Å². The van der Waals surface area contributed by atoms with Gasteiger partial charge in [-0.15, -0.1) is 13.2 Å². The Hall–Kier alpha value is -1.28. The monoisotopic (exact) mass is 309 g/mol. The first kappa shape index (κ1) is 15.1. The summed E-state index contributed by atoms with van der Waals surface area (Å²) in [5.41, 5.74) is 6.57. The molecule has 0 spiro atoms. The zero-order chi connectivity index (χ0) is 15.0. The highest BCUT2D eigenvalue weighted by Crippen LogP contribution is 2.31. The highest BCUT2D eigenvalue weighted by Gasteiger charge is 2.33. The third-order valence-electron chi connectivity index (χ3n) is 3.27.